The van der Waals surface area contributed by atoms with Gasteiger partial charge in [-0.1, -0.05) is 68.8 Å². The van der Waals surface area contributed by atoms with E-state index in [0.29, 0.717) is 12.6 Å². The summed E-state index contributed by atoms with van der Waals surface area (Å²) in [7, 11) is 8.31. The van der Waals surface area contributed by atoms with Crippen molar-refractivity contribution >= 4 is 39.5 Å². The summed E-state index contributed by atoms with van der Waals surface area (Å²) in [6, 6.07) is 17.1. The third-order valence-electron chi connectivity index (χ3n) is 8.57. The molecule has 1 fully saturated rings. The van der Waals surface area contributed by atoms with Crippen LogP contribution >= 0.6 is 27.7 Å². The number of nitrogens with zero attached hydrogens (tertiary/aromatic N) is 1. The molecule has 5 nitrogen and oxygen atoms in total. The van der Waals surface area contributed by atoms with Crippen molar-refractivity contribution in [1.29, 1.82) is 0 Å². The first kappa shape index (κ1) is 30.6. The summed E-state index contributed by atoms with van der Waals surface area (Å²) < 4.78 is -0.228. The van der Waals surface area contributed by atoms with E-state index in [0.717, 1.165) is 75.7 Å². The van der Waals surface area contributed by atoms with E-state index in [1.807, 2.05) is 0 Å². The van der Waals surface area contributed by atoms with E-state index in [2.05, 4.69) is 106 Å². The highest BCUT2D eigenvalue weighted by atomic mass is 31.1. The molecule has 0 spiro atoms. The highest BCUT2D eigenvalue weighted by molar-refractivity contribution is 7.57. The van der Waals surface area contributed by atoms with Gasteiger partial charge in [-0.15, -0.1) is 27.7 Å². The Kier molecular flexibility index (Phi) is 10.6. The first-order chi connectivity index (χ1) is 18.7. The fraction of sp³-hybridized carbons (Fsp3) is 0.548. The molecule has 2 aromatic carbocycles. The molecule has 1 aliphatic carbocycles. The molecule has 2 aliphatic rings. The molecule has 2 aromatic rings. The Labute approximate surface area is 242 Å². The summed E-state index contributed by atoms with van der Waals surface area (Å²) in [5.41, 5.74) is 3.92. The predicted octanol–water partition coefficient (Wildman–Crippen LogP) is 5.54. The molecule has 1 heterocycles. The number of unbranched alkanes of at least 4 members (excludes halogenated alkanes) is 1. The molecule has 1 saturated heterocycles. The van der Waals surface area contributed by atoms with Crippen LogP contribution in [0.1, 0.15) is 69.9 Å². The van der Waals surface area contributed by atoms with Gasteiger partial charge in [-0.25, -0.2) is 0 Å². The lowest BCUT2D eigenvalue weighted by Gasteiger charge is -2.34. The van der Waals surface area contributed by atoms with Crippen molar-refractivity contribution in [2.45, 2.75) is 74.9 Å². The van der Waals surface area contributed by atoms with Gasteiger partial charge in [0.2, 0.25) is 11.8 Å². The van der Waals surface area contributed by atoms with Gasteiger partial charge < -0.3 is 15.5 Å². The summed E-state index contributed by atoms with van der Waals surface area (Å²) >= 11 is 0. The lowest BCUT2D eigenvalue weighted by Crippen LogP contribution is -2.47. The second-order valence-corrected chi connectivity index (χ2v) is 16.6. The van der Waals surface area contributed by atoms with E-state index in [-0.39, 0.29) is 22.4 Å². The molecule has 0 bridgehead atoms. The average Bonchev–Trinajstić information content (AvgIpc) is 3.22. The quantitative estimate of drug-likeness (QED) is 0.254. The molecule has 0 radical (unpaired) electrons. The zero-order valence-corrected chi connectivity index (χ0v) is 27.0. The molecule has 39 heavy (non-hydrogen) atoms. The van der Waals surface area contributed by atoms with Crippen LogP contribution in [-0.2, 0) is 15.0 Å². The van der Waals surface area contributed by atoms with Crippen LogP contribution in [0.3, 0.4) is 0 Å². The van der Waals surface area contributed by atoms with Crippen molar-refractivity contribution in [3.63, 3.8) is 0 Å². The molecule has 8 heteroatoms. The minimum atomic E-state index is -0.676. The summed E-state index contributed by atoms with van der Waals surface area (Å²) in [5.74, 6) is 0.449. The van der Waals surface area contributed by atoms with Crippen molar-refractivity contribution < 1.29 is 9.59 Å². The maximum absolute atomic E-state index is 14.1. The normalized spacial score (nSPS) is 17.1. The van der Waals surface area contributed by atoms with Crippen molar-refractivity contribution in [3.05, 3.63) is 59.7 Å². The number of nitrogens with one attached hydrogen (secondary N) is 2. The van der Waals surface area contributed by atoms with Gasteiger partial charge in [0.15, 0.2) is 0 Å². The molecule has 3 atom stereocenters. The van der Waals surface area contributed by atoms with Crippen LogP contribution in [0.2, 0.25) is 0 Å². The minimum absolute atomic E-state index is 0.0886. The Morgan fingerprint density at radius 1 is 0.949 bits per heavy atom. The Balaban J connectivity index is 1.40. The largest absolute Gasteiger partial charge is 0.353 e. The number of rotatable bonds is 12. The molecule has 2 amide bonds. The number of benzene rings is 2. The molecular weight excluding hydrogens is 539 g/mol. The van der Waals surface area contributed by atoms with E-state index in [4.69, 9.17) is 0 Å². The van der Waals surface area contributed by atoms with Gasteiger partial charge in [0.25, 0.3) is 0 Å². The maximum atomic E-state index is 14.1. The van der Waals surface area contributed by atoms with Gasteiger partial charge in [-0.2, -0.15) is 0 Å². The number of amides is 2. The molecule has 0 aromatic heterocycles. The predicted molar refractivity (Wildman–Crippen MR) is 173 cm³/mol. The third-order valence-corrected chi connectivity index (χ3v) is 9.19. The van der Waals surface area contributed by atoms with Crippen LogP contribution in [0.15, 0.2) is 48.5 Å². The van der Waals surface area contributed by atoms with E-state index in [9.17, 15) is 9.59 Å². The molecule has 1 aliphatic heterocycles. The van der Waals surface area contributed by atoms with Crippen LogP contribution in [0.5, 0.6) is 0 Å². The van der Waals surface area contributed by atoms with Crippen LogP contribution < -0.4 is 10.6 Å². The third kappa shape index (κ3) is 7.11. The van der Waals surface area contributed by atoms with Crippen LogP contribution in [-0.4, -0.2) is 53.6 Å². The monoisotopic (exact) mass is 585 g/mol. The molecule has 212 valence electrons. The van der Waals surface area contributed by atoms with E-state index in [1.54, 1.807) is 0 Å². The van der Waals surface area contributed by atoms with E-state index < -0.39 is 5.41 Å². The molecule has 2 N–H and O–H groups in total. The highest BCUT2D eigenvalue weighted by Crippen LogP contribution is 2.51. The van der Waals surface area contributed by atoms with E-state index in [1.165, 1.54) is 11.1 Å². The van der Waals surface area contributed by atoms with Crippen LogP contribution in [0, 0.1) is 5.92 Å². The Bertz CT molecular complexity index is 1090. The molecule has 3 unspecified atom stereocenters. The summed E-state index contributed by atoms with van der Waals surface area (Å²) in [6.45, 7) is 7.79. The van der Waals surface area contributed by atoms with Gasteiger partial charge in [-0.05, 0) is 67.3 Å². The Hall–Kier alpha value is -1.37. The number of hydrogen-bond acceptors (Lipinski definition) is 3. The van der Waals surface area contributed by atoms with Gasteiger partial charge in [0.1, 0.15) is 5.41 Å². The van der Waals surface area contributed by atoms with Gasteiger partial charge in [-0.3, -0.25) is 9.59 Å². The number of likely N-dealkylation sites (tertiary alicyclic amines) is 1. The zero-order chi connectivity index (χ0) is 28.0. The lowest BCUT2D eigenvalue weighted by molar-refractivity contribution is -0.126. The molecule has 0 saturated carbocycles. The van der Waals surface area contributed by atoms with Crippen molar-refractivity contribution in [1.82, 2.24) is 15.5 Å². The topological polar surface area (TPSA) is 61.4 Å². The van der Waals surface area contributed by atoms with Crippen LogP contribution in [0.25, 0.3) is 11.1 Å². The second-order valence-electron chi connectivity index (χ2n) is 11.4. The van der Waals surface area contributed by atoms with E-state index >= 15 is 0 Å². The first-order valence-corrected chi connectivity index (χ1v) is 16.3. The number of hydrogen-bond donors (Lipinski definition) is 2. The highest BCUT2D eigenvalue weighted by Gasteiger charge is 2.48. The van der Waals surface area contributed by atoms with Crippen molar-refractivity contribution in [2.24, 2.45) is 5.92 Å². The van der Waals surface area contributed by atoms with Gasteiger partial charge >= 0.3 is 0 Å². The Morgan fingerprint density at radius 2 is 1.51 bits per heavy atom. The number of carbonyl (C=O) groups is 2. The first-order valence-electron chi connectivity index (χ1n) is 14.6. The maximum Gasteiger partial charge on any atom is 0.235 e. The number of fused-ring (bicyclic) bond motifs is 3. The number of piperidine rings is 1. The molecule has 4 rings (SSSR count). The van der Waals surface area contributed by atoms with Crippen molar-refractivity contribution in [3.8, 4) is 11.1 Å². The smallest absolute Gasteiger partial charge is 0.235 e. The minimum Gasteiger partial charge on any atom is -0.353 e. The summed E-state index contributed by atoms with van der Waals surface area (Å²) in [4.78, 5) is 29.1. The second kappa shape index (κ2) is 13.5. The average molecular weight is 586 g/mol. The standard InChI is InChI=1S/C31H46N3O2P3/c1-3-22(4-2)28(35)33-23-15-19-34(20-16-23)18-10-9-17-30(29(36)32-21-31(37,38)39)26-13-7-5-11-24(26)25-12-6-8-14-27(25)30/h5-8,11-14,22-23H,3-4,9-10,15-21,37-39H2,1-2H3,(H,32,36)(H,33,35). The van der Waals surface area contributed by atoms with Gasteiger partial charge in [0.05, 0.1) is 0 Å². The fourth-order valence-corrected chi connectivity index (χ4v) is 6.65. The number of carbonyl (C=O) groups excluding carboxylic acids is 2. The SMILES string of the molecule is CCC(CC)C(=O)NC1CCN(CCCCC2(C(=O)NCC(P)(P)P)c3ccccc3-c3ccccc32)CC1. The lowest BCUT2D eigenvalue weighted by atomic mass is 9.73. The summed E-state index contributed by atoms with van der Waals surface area (Å²) in [5, 5.41) is 6.56. The van der Waals surface area contributed by atoms with Crippen LogP contribution in [0.4, 0.5) is 0 Å². The van der Waals surface area contributed by atoms with Gasteiger partial charge in [0, 0.05) is 36.2 Å². The Morgan fingerprint density at radius 3 is 2.05 bits per heavy atom. The fourth-order valence-electron chi connectivity index (χ4n) is 6.34. The van der Waals surface area contributed by atoms with Crippen molar-refractivity contribution in [2.75, 3.05) is 26.2 Å². The molecular formula is C31H46N3O2P3. The summed E-state index contributed by atoms with van der Waals surface area (Å²) in [6.07, 6.45) is 6.64. The zero-order valence-electron chi connectivity index (χ0n) is 23.5.